The van der Waals surface area contributed by atoms with Crippen molar-refractivity contribution in [3.63, 3.8) is 0 Å². The maximum Gasteiger partial charge on any atom is 0.508 e. The summed E-state index contributed by atoms with van der Waals surface area (Å²) in [5.41, 5.74) is 2.06. The molecule has 0 heterocycles. The lowest BCUT2D eigenvalue weighted by Gasteiger charge is -2.61. The number of nitrogens with zero attached hydrogens (tertiary/aromatic N) is 1. The molecule has 250 valence electrons. The van der Waals surface area contributed by atoms with Crippen LogP contribution in [0.1, 0.15) is 97.5 Å². The molecule has 5 rings (SSSR count). The van der Waals surface area contributed by atoms with E-state index in [1.807, 2.05) is 6.92 Å². The maximum absolute atomic E-state index is 13.4. The molecule has 0 radical (unpaired) electrons. The number of methoxy groups -OCH3 is 1. The Labute approximate surface area is 269 Å². The van der Waals surface area contributed by atoms with Crippen molar-refractivity contribution in [2.75, 3.05) is 13.7 Å². The van der Waals surface area contributed by atoms with Gasteiger partial charge in [0.15, 0.2) is 0 Å². The van der Waals surface area contributed by atoms with Crippen LogP contribution in [0.25, 0.3) is 0 Å². The average Bonchev–Trinajstić information content (AvgIpc) is 3.36. The number of esters is 1. The molecule has 1 aromatic rings. The van der Waals surface area contributed by atoms with Crippen LogP contribution >= 0.6 is 0 Å². The zero-order valence-electron chi connectivity index (χ0n) is 27.8. The number of nitrogens with one attached hydrogen (secondary N) is 1. The Morgan fingerprint density at radius 3 is 2.42 bits per heavy atom. The quantitative estimate of drug-likeness (QED) is 0.226. The van der Waals surface area contributed by atoms with Gasteiger partial charge in [-0.2, -0.15) is 13.5 Å². The molecule has 9 nitrogen and oxygen atoms in total. The van der Waals surface area contributed by atoms with E-state index in [0.29, 0.717) is 36.5 Å². The normalized spacial score (nSPS) is 35.8. The third-order valence-electron chi connectivity index (χ3n) is 12.4. The van der Waals surface area contributed by atoms with Crippen molar-refractivity contribution >= 4 is 27.9 Å². The average molecular weight is 645 g/mol. The number of fused-ring (bicyclic) bond motifs is 5. The fraction of sp³-hybridized carbons (Fsp3) is 0.743. The summed E-state index contributed by atoms with van der Waals surface area (Å²) >= 11 is 0. The third-order valence-corrected chi connectivity index (χ3v) is 13.6. The second-order valence-electron chi connectivity index (χ2n) is 14.7. The highest BCUT2D eigenvalue weighted by molar-refractivity contribution is 7.89. The molecular weight excluding hydrogens is 592 g/mol. The van der Waals surface area contributed by atoms with Crippen LogP contribution in [-0.2, 0) is 29.0 Å². The van der Waals surface area contributed by atoms with Gasteiger partial charge in [0.05, 0.1) is 18.6 Å². The van der Waals surface area contributed by atoms with Gasteiger partial charge >= 0.3 is 12.1 Å². The summed E-state index contributed by atoms with van der Waals surface area (Å²) in [6.45, 7) is 11.1. The Morgan fingerprint density at radius 1 is 1.04 bits per heavy atom. The van der Waals surface area contributed by atoms with Gasteiger partial charge in [-0.25, -0.2) is 9.63 Å². The minimum absolute atomic E-state index is 0.0456. The van der Waals surface area contributed by atoms with Crippen molar-refractivity contribution in [2.24, 2.45) is 51.4 Å². The summed E-state index contributed by atoms with van der Waals surface area (Å²) in [6, 6.07) is 6.82. The molecule has 0 saturated heterocycles. The molecule has 4 aliphatic carbocycles. The van der Waals surface area contributed by atoms with Gasteiger partial charge < -0.3 is 14.2 Å². The van der Waals surface area contributed by atoms with E-state index in [1.54, 1.807) is 31.2 Å². The molecule has 4 saturated carbocycles. The van der Waals surface area contributed by atoms with E-state index in [9.17, 15) is 18.0 Å². The highest BCUT2D eigenvalue weighted by Gasteiger charge is 2.62. The van der Waals surface area contributed by atoms with Crippen LogP contribution in [0.2, 0.25) is 0 Å². The van der Waals surface area contributed by atoms with Crippen molar-refractivity contribution in [2.45, 2.75) is 110 Å². The highest BCUT2D eigenvalue weighted by Crippen LogP contribution is 2.68. The summed E-state index contributed by atoms with van der Waals surface area (Å²) in [5.74, 6) is 1.85. The Bertz CT molecular complexity index is 1380. The Balaban J connectivity index is 1.45. The van der Waals surface area contributed by atoms with Crippen molar-refractivity contribution in [3.05, 3.63) is 29.8 Å². The number of aryl methyl sites for hydroxylation is 1. The fourth-order valence-electron chi connectivity index (χ4n) is 9.95. The first-order valence-electron chi connectivity index (χ1n) is 16.9. The smallest absolute Gasteiger partial charge is 0.469 e. The summed E-state index contributed by atoms with van der Waals surface area (Å²) in [7, 11) is -2.39. The van der Waals surface area contributed by atoms with E-state index < -0.39 is 16.2 Å². The first kappa shape index (κ1) is 33.7. The second-order valence-corrected chi connectivity index (χ2v) is 16.3. The summed E-state index contributed by atoms with van der Waals surface area (Å²) < 4.78 is 42.5. The number of ether oxygens (including phenoxy) is 3. The summed E-state index contributed by atoms with van der Waals surface area (Å²) in [6.07, 6.45) is 7.89. The summed E-state index contributed by atoms with van der Waals surface area (Å²) in [4.78, 5) is 27.0. The van der Waals surface area contributed by atoms with Gasteiger partial charge in [-0.15, -0.1) is 0 Å². The van der Waals surface area contributed by atoms with Crippen LogP contribution in [0.4, 0.5) is 4.79 Å². The Morgan fingerprint density at radius 2 is 1.73 bits per heavy atom. The van der Waals surface area contributed by atoms with Crippen LogP contribution in [0, 0.1) is 53.3 Å². The van der Waals surface area contributed by atoms with Gasteiger partial charge in [-0.3, -0.25) is 4.79 Å². The Hall–Kier alpha value is -2.62. The number of hydrogen-bond donors (Lipinski definition) is 1. The lowest BCUT2D eigenvalue weighted by atomic mass is 9.44. The van der Waals surface area contributed by atoms with Gasteiger partial charge in [-0.05, 0) is 124 Å². The van der Waals surface area contributed by atoms with E-state index in [1.165, 1.54) is 7.11 Å². The summed E-state index contributed by atoms with van der Waals surface area (Å²) in [5, 5.41) is 4.79. The number of sulfonamides is 1. The van der Waals surface area contributed by atoms with E-state index in [-0.39, 0.29) is 46.2 Å². The number of carbonyl (C=O) groups is 2. The van der Waals surface area contributed by atoms with Gasteiger partial charge in [0.1, 0.15) is 6.10 Å². The number of carbonyl (C=O) groups excluding carboxylic acids is 2. The molecule has 4 fully saturated rings. The number of rotatable bonds is 9. The van der Waals surface area contributed by atoms with Crippen LogP contribution in [0.5, 0.6) is 0 Å². The lowest BCUT2D eigenvalue weighted by Crippen LogP contribution is -2.58. The predicted molar refractivity (Wildman–Crippen MR) is 172 cm³/mol. The van der Waals surface area contributed by atoms with Gasteiger partial charge in [0.25, 0.3) is 10.0 Å². The molecule has 0 aromatic heterocycles. The molecule has 0 unspecified atom stereocenters. The minimum Gasteiger partial charge on any atom is -0.469 e. The van der Waals surface area contributed by atoms with Crippen molar-refractivity contribution in [1.82, 2.24) is 4.83 Å². The molecule has 10 heteroatoms. The maximum atomic E-state index is 13.4. The fourth-order valence-corrected chi connectivity index (χ4v) is 10.8. The van der Waals surface area contributed by atoms with Crippen LogP contribution in [-0.4, -0.2) is 46.1 Å². The van der Waals surface area contributed by atoms with Gasteiger partial charge in [0.2, 0.25) is 0 Å². The van der Waals surface area contributed by atoms with Crippen molar-refractivity contribution < 1.29 is 32.2 Å². The van der Waals surface area contributed by atoms with E-state index in [4.69, 9.17) is 19.3 Å². The predicted octanol–water partition coefficient (Wildman–Crippen LogP) is 7.03. The first-order chi connectivity index (χ1) is 21.3. The zero-order chi connectivity index (χ0) is 32.6. The largest absolute Gasteiger partial charge is 0.508 e. The van der Waals surface area contributed by atoms with Crippen LogP contribution < -0.4 is 4.83 Å². The molecular formula is C35H52N2O7S. The molecule has 0 aliphatic heterocycles. The van der Waals surface area contributed by atoms with E-state index in [2.05, 4.69) is 25.6 Å². The molecule has 1 N–H and O–H groups in total. The Kier molecular flexibility index (Phi) is 9.93. The molecule has 0 bridgehead atoms. The molecule has 4 aliphatic rings. The highest BCUT2D eigenvalue weighted by atomic mass is 32.2. The van der Waals surface area contributed by atoms with Crippen molar-refractivity contribution in [1.29, 1.82) is 0 Å². The number of hydrazone groups is 1. The van der Waals surface area contributed by atoms with Crippen molar-refractivity contribution in [3.8, 4) is 0 Å². The molecule has 1 aromatic carbocycles. The third kappa shape index (κ3) is 6.63. The lowest BCUT2D eigenvalue weighted by molar-refractivity contribution is -0.141. The molecule has 0 spiro atoms. The van der Waals surface area contributed by atoms with Crippen LogP contribution in [0.3, 0.4) is 0 Å². The number of benzene rings is 1. The molecule has 9 atom stereocenters. The first-order valence-corrected chi connectivity index (χ1v) is 18.4. The zero-order valence-corrected chi connectivity index (χ0v) is 28.7. The second kappa shape index (κ2) is 13.2. The van der Waals surface area contributed by atoms with Gasteiger partial charge in [0, 0.05) is 18.1 Å². The number of hydrogen-bond acceptors (Lipinski definition) is 8. The minimum atomic E-state index is -3.84. The van der Waals surface area contributed by atoms with E-state index >= 15 is 0 Å². The van der Waals surface area contributed by atoms with Crippen LogP contribution in [0.15, 0.2) is 34.3 Å². The SMILES string of the molecule is CCOC(=O)O[C@@H]1CC[C@@]2(C)[C@H](CC(=NNS(=O)(=O)c3ccc(C)cc3)[C@@H]3[C@@H]2CC[C@]2(C)[C@@H]([C@H](C)CCC(=O)OC)CC[C@@H]32)C1. The molecule has 45 heavy (non-hydrogen) atoms. The van der Waals surface area contributed by atoms with Gasteiger partial charge in [-0.1, -0.05) is 38.5 Å². The van der Waals surface area contributed by atoms with E-state index in [0.717, 1.165) is 62.6 Å². The topological polar surface area (TPSA) is 120 Å². The molecule has 0 amide bonds. The standard InChI is InChI=1S/C35H52N2O7S/c1-7-43-33(39)44-25-16-18-34(4)24(20-25)21-30(36-37-45(40,41)26-11-8-22(2)9-12-26)32-28-14-13-27(23(3)10-15-31(38)42-6)35(28,5)19-17-29(32)34/h8-9,11-12,23-25,27-29,32,37H,7,10,13-21H2,1-6H3/t23-,24+,25-,27-,28+,29+,32+,34+,35-/m1/s1. The monoisotopic (exact) mass is 644 g/mol.